The van der Waals surface area contributed by atoms with Gasteiger partial charge in [0.15, 0.2) is 0 Å². The smallest absolute Gasteiger partial charge is 0.345 e. The molecule has 0 fully saturated rings. The third-order valence-corrected chi connectivity index (χ3v) is 2.40. The molecule has 0 saturated carbocycles. The Balaban J connectivity index is 0.000000255. The average molecular weight is 215 g/mol. The van der Waals surface area contributed by atoms with E-state index in [1.54, 1.807) is 17.5 Å². The van der Waals surface area contributed by atoms with E-state index in [4.69, 9.17) is 10.8 Å². The van der Waals surface area contributed by atoms with Gasteiger partial charge < -0.3 is 10.8 Å². The number of hydrogen-bond donors (Lipinski definition) is 2. The standard InChI is InChI=1S/C5H13N.C5H4O2S/c1-2-3-4-5-6;6-5(7)4-2-1-3-8-4/h2-6H2,1H3;1-3H,(H,6,7). The van der Waals surface area contributed by atoms with Crippen molar-refractivity contribution < 1.29 is 9.90 Å². The van der Waals surface area contributed by atoms with E-state index in [1.165, 1.54) is 30.6 Å². The highest BCUT2D eigenvalue weighted by atomic mass is 32.1. The molecule has 1 aromatic rings. The van der Waals surface area contributed by atoms with Crippen LogP contribution in [0, 0.1) is 0 Å². The molecule has 14 heavy (non-hydrogen) atoms. The van der Waals surface area contributed by atoms with Crippen molar-refractivity contribution in [1.29, 1.82) is 0 Å². The van der Waals surface area contributed by atoms with Crippen molar-refractivity contribution in [3.8, 4) is 0 Å². The zero-order valence-electron chi connectivity index (χ0n) is 8.40. The Labute approximate surface area is 88.6 Å². The number of aromatic carboxylic acids is 1. The molecule has 0 aliphatic rings. The first-order chi connectivity index (χ1) is 6.72. The molecule has 0 unspecified atom stereocenters. The summed E-state index contributed by atoms with van der Waals surface area (Å²) in [4.78, 5) is 10.5. The quantitative estimate of drug-likeness (QED) is 0.759. The molecule has 1 aromatic heterocycles. The minimum absolute atomic E-state index is 0.394. The summed E-state index contributed by atoms with van der Waals surface area (Å²) >= 11 is 1.23. The van der Waals surface area contributed by atoms with E-state index in [9.17, 15) is 4.79 Å². The molecule has 0 aromatic carbocycles. The van der Waals surface area contributed by atoms with Crippen molar-refractivity contribution in [2.75, 3.05) is 6.54 Å². The van der Waals surface area contributed by atoms with Crippen LogP contribution < -0.4 is 5.73 Å². The van der Waals surface area contributed by atoms with Gasteiger partial charge in [-0.3, -0.25) is 0 Å². The third kappa shape index (κ3) is 6.62. The van der Waals surface area contributed by atoms with Gasteiger partial charge in [-0.15, -0.1) is 11.3 Å². The molecule has 0 atom stereocenters. The van der Waals surface area contributed by atoms with Gasteiger partial charge in [-0.2, -0.15) is 0 Å². The fourth-order valence-electron chi connectivity index (χ4n) is 0.795. The molecule has 0 aliphatic carbocycles. The highest BCUT2D eigenvalue weighted by Gasteiger charge is 1.99. The van der Waals surface area contributed by atoms with E-state index in [0.29, 0.717) is 4.88 Å². The second-order valence-electron chi connectivity index (χ2n) is 2.78. The largest absolute Gasteiger partial charge is 0.477 e. The maximum Gasteiger partial charge on any atom is 0.345 e. The number of hydrogen-bond acceptors (Lipinski definition) is 3. The minimum Gasteiger partial charge on any atom is -0.477 e. The van der Waals surface area contributed by atoms with Crippen LogP contribution in [0.1, 0.15) is 35.9 Å². The van der Waals surface area contributed by atoms with Crippen LogP contribution in [0.2, 0.25) is 0 Å². The topological polar surface area (TPSA) is 63.3 Å². The van der Waals surface area contributed by atoms with E-state index in [-0.39, 0.29) is 0 Å². The van der Waals surface area contributed by atoms with Crippen LogP contribution in [0.4, 0.5) is 0 Å². The Morgan fingerprint density at radius 1 is 1.57 bits per heavy atom. The number of thiophene rings is 1. The van der Waals surface area contributed by atoms with Crippen LogP contribution in [-0.4, -0.2) is 17.6 Å². The fourth-order valence-corrected chi connectivity index (χ4v) is 1.36. The van der Waals surface area contributed by atoms with E-state index in [0.717, 1.165) is 6.54 Å². The summed E-state index contributed by atoms with van der Waals surface area (Å²) in [5, 5.41) is 10.0. The van der Waals surface area contributed by atoms with Crippen molar-refractivity contribution >= 4 is 17.3 Å². The van der Waals surface area contributed by atoms with Gasteiger partial charge in [0.25, 0.3) is 0 Å². The number of carboxylic acids is 1. The first-order valence-corrected chi connectivity index (χ1v) is 5.57. The maximum atomic E-state index is 10.1. The Bertz CT molecular complexity index is 230. The Morgan fingerprint density at radius 2 is 2.29 bits per heavy atom. The molecule has 0 amide bonds. The van der Waals surface area contributed by atoms with Gasteiger partial charge in [0.2, 0.25) is 0 Å². The summed E-state index contributed by atoms with van der Waals surface area (Å²) in [7, 11) is 0. The number of carbonyl (C=O) groups is 1. The predicted molar refractivity (Wildman–Crippen MR) is 59.9 cm³/mol. The summed E-state index contributed by atoms with van der Waals surface area (Å²) in [6, 6.07) is 3.29. The monoisotopic (exact) mass is 215 g/mol. The van der Waals surface area contributed by atoms with E-state index in [1.807, 2.05) is 0 Å². The molecule has 0 radical (unpaired) electrons. The maximum absolute atomic E-state index is 10.1. The number of nitrogens with two attached hydrogens (primary N) is 1. The molecular formula is C10H17NO2S. The Morgan fingerprint density at radius 3 is 2.50 bits per heavy atom. The zero-order chi connectivity index (χ0) is 10.8. The lowest BCUT2D eigenvalue weighted by atomic mass is 10.3. The van der Waals surface area contributed by atoms with Crippen molar-refractivity contribution in [2.24, 2.45) is 5.73 Å². The highest BCUT2D eigenvalue weighted by Crippen LogP contribution is 2.06. The second kappa shape index (κ2) is 8.72. The normalized spacial score (nSPS) is 9.00. The summed E-state index contributed by atoms with van der Waals surface area (Å²) in [5.74, 6) is -0.847. The first kappa shape index (κ1) is 13.1. The van der Waals surface area contributed by atoms with Crippen LogP contribution in [0.3, 0.4) is 0 Å². The molecule has 0 bridgehead atoms. The molecule has 0 spiro atoms. The first-order valence-electron chi connectivity index (χ1n) is 4.69. The molecule has 3 nitrogen and oxygen atoms in total. The van der Waals surface area contributed by atoms with Crippen LogP contribution in [0.15, 0.2) is 17.5 Å². The molecule has 0 saturated heterocycles. The predicted octanol–water partition coefficient (Wildman–Crippen LogP) is 2.58. The van der Waals surface area contributed by atoms with E-state index in [2.05, 4.69) is 6.92 Å². The number of carboxylic acid groups (broad SMARTS) is 1. The lowest BCUT2D eigenvalue weighted by molar-refractivity contribution is 0.0702. The van der Waals surface area contributed by atoms with Crippen LogP contribution >= 0.6 is 11.3 Å². The SMILES string of the molecule is CCCCCN.O=C(O)c1cccs1. The van der Waals surface area contributed by atoms with Crippen molar-refractivity contribution in [3.05, 3.63) is 22.4 Å². The zero-order valence-corrected chi connectivity index (χ0v) is 9.22. The van der Waals surface area contributed by atoms with Crippen LogP contribution in [-0.2, 0) is 0 Å². The number of rotatable bonds is 4. The molecule has 80 valence electrons. The minimum atomic E-state index is -0.847. The molecule has 1 rings (SSSR count). The summed E-state index contributed by atoms with van der Waals surface area (Å²) in [5.41, 5.74) is 5.21. The second-order valence-corrected chi connectivity index (χ2v) is 3.73. The van der Waals surface area contributed by atoms with E-state index < -0.39 is 5.97 Å². The Hall–Kier alpha value is -0.870. The van der Waals surface area contributed by atoms with Gasteiger partial charge in [-0.05, 0) is 24.4 Å². The molecule has 0 aliphatic heterocycles. The average Bonchev–Trinajstić information content (AvgIpc) is 2.68. The number of unbranched alkanes of at least 4 members (excludes halogenated alkanes) is 2. The lowest BCUT2D eigenvalue weighted by Gasteiger charge is -1.86. The lowest BCUT2D eigenvalue weighted by Crippen LogP contribution is -1.96. The van der Waals surface area contributed by atoms with Crippen LogP contribution in [0.25, 0.3) is 0 Å². The van der Waals surface area contributed by atoms with Gasteiger partial charge >= 0.3 is 5.97 Å². The molecule has 3 N–H and O–H groups in total. The molecular weight excluding hydrogens is 198 g/mol. The summed E-state index contributed by atoms with van der Waals surface area (Å²) in [6.45, 7) is 3.03. The van der Waals surface area contributed by atoms with Crippen molar-refractivity contribution in [1.82, 2.24) is 0 Å². The molecule has 1 heterocycles. The highest BCUT2D eigenvalue weighted by molar-refractivity contribution is 7.11. The van der Waals surface area contributed by atoms with Crippen LogP contribution in [0.5, 0.6) is 0 Å². The van der Waals surface area contributed by atoms with Gasteiger partial charge in [-0.25, -0.2) is 4.79 Å². The fraction of sp³-hybridized carbons (Fsp3) is 0.500. The molecule has 4 heteroatoms. The van der Waals surface area contributed by atoms with Gasteiger partial charge in [0.1, 0.15) is 4.88 Å². The van der Waals surface area contributed by atoms with Gasteiger partial charge in [0.05, 0.1) is 0 Å². The van der Waals surface area contributed by atoms with Gasteiger partial charge in [0, 0.05) is 0 Å². The van der Waals surface area contributed by atoms with Crippen molar-refractivity contribution in [2.45, 2.75) is 26.2 Å². The Kier molecular flexibility index (Phi) is 8.17. The summed E-state index contributed by atoms with van der Waals surface area (Å²) < 4.78 is 0. The van der Waals surface area contributed by atoms with Gasteiger partial charge in [-0.1, -0.05) is 25.8 Å². The third-order valence-electron chi connectivity index (χ3n) is 1.54. The van der Waals surface area contributed by atoms with E-state index >= 15 is 0 Å². The van der Waals surface area contributed by atoms with Crippen molar-refractivity contribution in [3.63, 3.8) is 0 Å². The summed E-state index contributed by atoms with van der Waals surface area (Å²) in [6.07, 6.45) is 3.75.